The summed E-state index contributed by atoms with van der Waals surface area (Å²) in [7, 11) is 0. The lowest BCUT2D eigenvalue weighted by atomic mass is 10.0. The Labute approximate surface area is 151 Å². The molecule has 1 aromatic rings. The first-order chi connectivity index (χ1) is 12.3. The van der Waals surface area contributed by atoms with E-state index in [2.05, 4.69) is 9.64 Å². The highest BCUT2D eigenvalue weighted by atomic mass is 19.4. The third-order valence-corrected chi connectivity index (χ3v) is 4.42. The number of carbonyl (C=O) groups is 1. The highest BCUT2D eigenvalue weighted by molar-refractivity contribution is 5.83. The van der Waals surface area contributed by atoms with Crippen molar-refractivity contribution in [2.45, 2.75) is 25.6 Å². The zero-order chi connectivity index (χ0) is 19.2. The first-order valence-corrected chi connectivity index (χ1v) is 8.74. The highest BCUT2D eigenvalue weighted by Crippen LogP contribution is 2.16. The van der Waals surface area contributed by atoms with Gasteiger partial charge in [0.05, 0.1) is 0 Å². The number of ether oxygens (including phenoxy) is 1. The smallest absolute Gasteiger partial charge is 0.372 e. The van der Waals surface area contributed by atoms with Crippen molar-refractivity contribution in [1.29, 1.82) is 0 Å². The van der Waals surface area contributed by atoms with Gasteiger partial charge in [-0.15, -0.1) is 0 Å². The van der Waals surface area contributed by atoms with E-state index in [0.29, 0.717) is 39.1 Å². The van der Waals surface area contributed by atoms with Crippen molar-refractivity contribution in [3.63, 3.8) is 0 Å². The van der Waals surface area contributed by atoms with Crippen LogP contribution in [0.2, 0.25) is 0 Å². The van der Waals surface area contributed by atoms with E-state index in [1.54, 1.807) is 4.90 Å². The lowest BCUT2D eigenvalue weighted by Crippen LogP contribution is -2.51. The van der Waals surface area contributed by atoms with Crippen molar-refractivity contribution in [3.8, 4) is 0 Å². The van der Waals surface area contributed by atoms with Crippen molar-refractivity contribution >= 4 is 5.91 Å². The number of carbonyl (C=O) groups excluding carboxylic acids is 1. The fourth-order valence-corrected chi connectivity index (χ4v) is 2.88. The number of hydrogen-bond acceptors (Lipinski definition) is 4. The number of nitrogens with two attached hydrogens (primary N) is 1. The number of halogens is 3. The molecule has 1 aliphatic rings. The molecule has 1 fully saturated rings. The van der Waals surface area contributed by atoms with Crippen LogP contribution in [0.5, 0.6) is 0 Å². The van der Waals surface area contributed by atoms with E-state index in [1.165, 1.54) is 0 Å². The van der Waals surface area contributed by atoms with Crippen molar-refractivity contribution in [1.82, 2.24) is 9.80 Å². The summed E-state index contributed by atoms with van der Waals surface area (Å²) in [5.74, 6) is -0.0954. The summed E-state index contributed by atoms with van der Waals surface area (Å²) in [5, 5.41) is 0. The largest absolute Gasteiger partial charge is 0.411 e. The van der Waals surface area contributed by atoms with Crippen LogP contribution < -0.4 is 5.73 Å². The van der Waals surface area contributed by atoms with E-state index in [9.17, 15) is 18.0 Å². The minimum absolute atomic E-state index is 0.0803. The van der Waals surface area contributed by atoms with Gasteiger partial charge < -0.3 is 15.4 Å². The molecule has 0 spiro atoms. The molecular formula is C18H26F3N3O2. The van der Waals surface area contributed by atoms with Gasteiger partial charge in [0.25, 0.3) is 0 Å². The van der Waals surface area contributed by atoms with Gasteiger partial charge in [-0.3, -0.25) is 9.69 Å². The Bertz CT molecular complexity index is 570. The molecule has 5 nitrogen and oxygen atoms in total. The van der Waals surface area contributed by atoms with Crippen LogP contribution in [0.15, 0.2) is 24.3 Å². The molecule has 0 bridgehead atoms. The normalized spacial score (nSPS) is 17.3. The van der Waals surface area contributed by atoms with Gasteiger partial charge in [0.15, 0.2) is 0 Å². The van der Waals surface area contributed by atoms with Crippen LogP contribution in [-0.2, 0) is 9.53 Å². The van der Waals surface area contributed by atoms with Crippen LogP contribution >= 0.6 is 0 Å². The molecule has 146 valence electrons. The van der Waals surface area contributed by atoms with Crippen LogP contribution in [0, 0.1) is 6.92 Å². The van der Waals surface area contributed by atoms with Crippen LogP contribution in [0.4, 0.5) is 13.2 Å². The Kier molecular flexibility index (Phi) is 7.43. The van der Waals surface area contributed by atoms with E-state index < -0.39 is 18.8 Å². The molecule has 2 N–H and O–H groups in total. The van der Waals surface area contributed by atoms with E-state index in [0.717, 1.165) is 11.1 Å². The second-order valence-corrected chi connectivity index (χ2v) is 6.58. The van der Waals surface area contributed by atoms with Gasteiger partial charge in [0.1, 0.15) is 12.6 Å². The predicted octanol–water partition coefficient (Wildman–Crippen LogP) is 2.11. The van der Waals surface area contributed by atoms with Gasteiger partial charge in [0, 0.05) is 39.3 Å². The van der Waals surface area contributed by atoms with E-state index in [1.807, 2.05) is 31.2 Å². The predicted molar refractivity (Wildman–Crippen MR) is 92.6 cm³/mol. The van der Waals surface area contributed by atoms with Crippen LogP contribution in [0.1, 0.15) is 23.6 Å². The van der Waals surface area contributed by atoms with Crippen molar-refractivity contribution in [3.05, 3.63) is 35.4 Å². The maximum Gasteiger partial charge on any atom is 0.411 e. The average Bonchev–Trinajstić information content (AvgIpc) is 2.60. The molecule has 1 atom stereocenters. The Balaban J connectivity index is 1.69. The number of aryl methyl sites for hydroxylation is 1. The zero-order valence-electron chi connectivity index (χ0n) is 15.0. The first kappa shape index (κ1) is 20.7. The van der Waals surface area contributed by atoms with Gasteiger partial charge in [0.2, 0.25) is 5.91 Å². The summed E-state index contributed by atoms with van der Waals surface area (Å²) in [6.45, 7) is 4.03. The van der Waals surface area contributed by atoms with Crippen molar-refractivity contribution in [2.75, 3.05) is 45.9 Å². The average molecular weight is 373 g/mol. The number of hydrogen-bond donors (Lipinski definition) is 1. The first-order valence-electron chi connectivity index (χ1n) is 8.74. The number of benzene rings is 1. The van der Waals surface area contributed by atoms with Gasteiger partial charge in [-0.1, -0.05) is 29.8 Å². The number of alkyl halides is 3. The molecule has 1 saturated heterocycles. The molecule has 0 aliphatic carbocycles. The second-order valence-electron chi connectivity index (χ2n) is 6.58. The van der Waals surface area contributed by atoms with E-state index >= 15 is 0 Å². The van der Waals surface area contributed by atoms with E-state index in [-0.39, 0.29) is 12.5 Å². The maximum absolute atomic E-state index is 12.5. The fourth-order valence-electron chi connectivity index (χ4n) is 2.88. The van der Waals surface area contributed by atoms with Crippen LogP contribution in [0.3, 0.4) is 0 Å². The van der Waals surface area contributed by atoms with Crippen LogP contribution in [-0.4, -0.2) is 67.8 Å². The lowest BCUT2D eigenvalue weighted by molar-refractivity contribution is -0.174. The quantitative estimate of drug-likeness (QED) is 0.744. The Morgan fingerprint density at radius 2 is 1.81 bits per heavy atom. The molecule has 1 aliphatic heterocycles. The Hall–Kier alpha value is -1.64. The number of amides is 1. The lowest BCUT2D eigenvalue weighted by Gasteiger charge is -2.36. The topological polar surface area (TPSA) is 58.8 Å². The molecule has 1 amide bonds. The fraction of sp³-hybridized carbons (Fsp3) is 0.611. The summed E-state index contributed by atoms with van der Waals surface area (Å²) in [6, 6.07) is 6.94. The summed E-state index contributed by atoms with van der Waals surface area (Å²) >= 11 is 0. The highest BCUT2D eigenvalue weighted by Gasteiger charge is 2.28. The number of piperazine rings is 1. The number of rotatable bonds is 7. The summed E-state index contributed by atoms with van der Waals surface area (Å²) in [4.78, 5) is 16.4. The van der Waals surface area contributed by atoms with Crippen LogP contribution in [0.25, 0.3) is 0 Å². The van der Waals surface area contributed by atoms with Gasteiger partial charge in [-0.25, -0.2) is 0 Å². The molecule has 2 rings (SSSR count). The van der Waals surface area contributed by atoms with Gasteiger partial charge in [-0.2, -0.15) is 13.2 Å². The minimum atomic E-state index is -4.28. The molecule has 1 unspecified atom stereocenters. The summed E-state index contributed by atoms with van der Waals surface area (Å²) in [5.41, 5.74) is 8.00. The third-order valence-electron chi connectivity index (χ3n) is 4.42. The minimum Gasteiger partial charge on any atom is -0.372 e. The second kappa shape index (κ2) is 9.34. The molecule has 0 aromatic heterocycles. The number of nitrogens with zero attached hydrogens (tertiary/aromatic N) is 2. The maximum atomic E-state index is 12.5. The monoisotopic (exact) mass is 373 g/mol. The summed E-state index contributed by atoms with van der Waals surface area (Å²) < 4.78 is 40.5. The molecular weight excluding hydrogens is 347 g/mol. The van der Waals surface area contributed by atoms with Crippen molar-refractivity contribution in [2.24, 2.45) is 5.73 Å². The molecule has 8 heteroatoms. The third kappa shape index (κ3) is 6.59. The Morgan fingerprint density at radius 3 is 2.38 bits per heavy atom. The molecule has 0 saturated carbocycles. The standard InChI is InChI=1S/C18H26F3N3O2/c1-14-3-5-15(6-4-14)16(22)17(25)24-10-8-23(9-11-24)7-2-12-26-13-18(19,20)21/h3-6,16H,2,7-13,22H2,1H3. The van der Waals surface area contributed by atoms with E-state index in [4.69, 9.17) is 5.73 Å². The van der Waals surface area contributed by atoms with Gasteiger partial charge >= 0.3 is 6.18 Å². The van der Waals surface area contributed by atoms with Crippen molar-refractivity contribution < 1.29 is 22.7 Å². The molecule has 0 radical (unpaired) electrons. The molecule has 26 heavy (non-hydrogen) atoms. The zero-order valence-corrected chi connectivity index (χ0v) is 15.0. The molecule has 1 heterocycles. The SMILES string of the molecule is Cc1ccc(C(N)C(=O)N2CCN(CCCOCC(F)(F)F)CC2)cc1. The molecule has 1 aromatic carbocycles. The summed E-state index contributed by atoms with van der Waals surface area (Å²) in [6.07, 6.45) is -3.74. The Morgan fingerprint density at radius 1 is 1.19 bits per heavy atom. The van der Waals surface area contributed by atoms with Gasteiger partial charge in [-0.05, 0) is 18.9 Å².